The van der Waals surface area contributed by atoms with E-state index in [9.17, 15) is 9.90 Å². The molecule has 8 nitrogen and oxygen atoms in total. The number of carbonyl (C=O) groups excluding carboxylic acids is 1. The number of aliphatic hydroxyl groups is 1. The van der Waals surface area contributed by atoms with Gasteiger partial charge in [0, 0.05) is 17.7 Å². The van der Waals surface area contributed by atoms with Gasteiger partial charge in [-0.05, 0) is 35.4 Å². The molecule has 2 N–H and O–H groups in total. The van der Waals surface area contributed by atoms with Crippen molar-refractivity contribution in [3.63, 3.8) is 0 Å². The number of carbonyl (C=O) groups is 1. The molecule has 0 spiro atoms. The fourth-order valence-corrected chi connectivity index (χ4v) is 4.46. The molecular formula is C29H29N3O5. The van der Waals surface area contributed by atoms with Gasteiger partial charge in [0.2, 0.25) is 0 Å². The van der Waals surface area contributed by atoms with Crippen molar-refractivity contribution in [3.8, 4) is 0 Å². The van der Waals surface area contributed by atoms with Crippen LogP contribution in [-0.2, 0) is 27.4 Å². The summed E-state index contributed by atoms with van der Waals surface area (Å²) in [7, 11) is 0. The number of benzene rings is 3. The monoisotopic (exact) mass is 499 g/mol. The second kappa shape index (κ2) is 11.4. The molecule has 3 atom stereocenters. The third kappa shape index (κ3) is 5.89. The molecular weight excluding hydrogens is 470 g/mol. The lowest BCUT2D eigenvalue weighted by atomic mass is 10.00. The van der Waals surface area contributed by atoms with Gasteiger partial charge in [0.15, 0.2) is 6.29 Å². The van der Waals surface area contributed by atoms with Gasteiger partial charge in [0.05, 0.1) is 42.7 Å². The third-order valence-corrected chi connectivity index (χ3v) is 6.28. The lowest BCUT2D eigenvalue weighted by molar-refractivity contribution is -0.252. The number of amides is 1. The number of para-hydroxylation sites is 2. The van der Waals surface area contributed by atoms with Gasteiger partial charge in [-0.3, -0.25) is 5.32 Å². The molecule has 3 aromatic carbocycles. The number of fused-ring (bicyclic) bond motifs is 1. The van der Waals surface area contributed by atoms with E-state index >= 15 is 0 Å². The summed E-state index contributed by atoms with van der Waals surface area (Å²) in [6.45, 7) is 4.28. The van der Waals surface area contributed by atoms with E-state index in [1.54, 1.807) is 6.07 Å². The van der Waals surface area contributed by atoms with E-state index < -0.39 is 12.4 Å². The minimum Gasteiger partial charge on any atom is -0.445 e. The normalized spacial score (nSPS) is 19.4. The Hall–Kier alpha value is -3.98. The fourth-order valence-electron chi connectivity index (χ4n) is 4.46. The highest BCUT2D eigenvalue weighted by molar-refractivity contribution is 5.84. The molecule has 1 saturated heterocycles. The van der Waals surface area contributed by atoms with Crippen molar-refractivity contribution >= 4 is 22.8 Å². The smallest absolute Gasteiger partial charge is 0.411 e. The molecule has 0 unspecified atom stereocenters. The van der Waals surface area contributed by atoms with Crippen molar-refractivity contribution in [1.29, 1.82) is 0 Å². The van der Waals surface area contributed by atoms with Crippen LogP contribution in [0.25, 0.3) is 11.0 Å². The summed E-state index contributed by atoms with van der Waals surface area (Å²) in [5.74, 6) is 0. The zero-order valence-corrected chi connectivity index (χ0v) is 20.3. The van der Waals surface area contributed by atoms with Crippen LogP contribution in [0.3, 0.4) is 0 Å². The molecule has 190 valence electrons. The number of imidazole rings is 1. The number of ether oxygens (including phenoxy) is 3. The highest BCUT2D eigenvalue weighted by atomic mass is 16.7. The lowest BCUT2D eigenvalue weighted by Crippen LogP contribution is -2.32. The van der Waals surface area contributed by atoms with Gasteiger partial charge in [-0.2, -0.15) is 0 Å². The summed E-state index contributed by atoms with van der Waals surface area (Å²) in [5, 5.41) is 12.2. The summed E-state index contributed by atoms with van der Waals surface area (Å²) in [6, 6.07) is 23.1. The Labute approximate surface area is 215 Å². The maximum Gasteiger partial charge on any atom is 0.411 e. The summed E-state index contributed by atoms with van der Waals surface area (Å²) in [5.41, 5.74) is 5.18. The zero-order valence-electron chi connectivity index (χ0n) is 20.3. The van der Waals surface area contributed by atoms with E-state index in [1.165, 1.54) is 6.08 Å². The molecule has 0 radical (unpaired) electrons. The SMILES string of the molecule is C=CCOC(=O)Nc1cccc([C@H]2O[C@@H](Cn3cnc4ccccc43)C[C@@H](c3ccc(CO)cc3)O2)c1. The Balaban J connectivity index is 1.40. The van der Waals surface area contributed by atoms with Crippen molar-refractivity contribution in [2.45, 2.75) is 38.1 Å². The van der Waals surface area contributed by atoms with Crippen molar-refractivity contribution in [3.05, 3.63) is 108 Å². The second-order valence-corrected chi connectivity index (χ2v) is 8.87. The number of hydrogen-bond acceptors (Lipinski definition) is 6. The topological polar surface area (TPSA) is 94.8 Å². The molecule has 1 aliphatic rings. The highest BCUT2D eigenvalue weighted by Gasteiger charge is 2.32. The Bertz CT molecular complexity index is 1370. The number of aliphatic hydroxyl groups excluding tert-OH is 1. The average Bonchev–Trinajstić information content (AvgIpc) is 3.34. The van der Waals surface area contributed by atoms with Crippen LogP contribution in [-0.4, -0.2) is 33.5 Å². The first-order valence-electron chi connectivity index (χ1n) is 12.2. The predicted octanol–water partition coefficient (Wildman–Crippen LogP) is 5.51. The third-order valence-electron chi connectivity index (χ3n) is 6.28. The van der Waals surface area contributed by atoms with Crippen LogP contribution >= 0.6 is 0 Å². The summed E-state index contributed by atoms with van der Waals surface area (Å²) < 4.78 is 20.0. The first-order chi connectivity index (χ1) is 18.1. The number of nitrogens with one attached hydrogen (secondary N) is 1. The maximum absolute atomic E-state index is 12.0. The summed E-state index contributed by atoms with van der Waals surface area (Å²) in [6.07, 6.45) is 2.40. The highest BCUT2D eigenvalue weighted by Crippen LogP contribution is 2.39. The van der Waals surface area contributed by atoms with E-state index in [2.05, 4.69) is 21.4 Å². The number of anilines is 1. The van der Waals surface area contributed by atoms with E-state index in [0.29, 0.717) is 18.7 Å². The Kier molecular flexibility index (Phi) is 7.60. The van der Waals surface area contributed by atoms with Crippen LogP contribution in [0, 0.1) is 0 Å². The van der Waals surface area contributed by atoms with Gasteiger partial charge in [-0.15, -0.1) is 0 Å². The molecule has 4 aromatic rings. The summed E-state index contributed by atoms with van der Waals surface area (Å²) in [4.78, 5) is 16.5. The number of rotatable bonds is 8. The molecule has 37 heavy (non-hydrogen) atoms. The van der Waals surface area contributed by atoms with Crippen molar-refractivity contribution < 1.29 is 24.1 Å². The maximum atomic E-state index is 12.0. The molecule has 5 rings (SSSR count). The largest absolute Gasteiger partial charge is 0.445 e. The Morgan fingerprint density at radius 3 is 2.76 bits per heavy atom. The first kappa shape index (κ1) is 24.7. The van der Waals surface area contributed by atoms with Crippen LogP contribution in [0.5, 0.6) is 0 Å². The second-order valence-electron chi connectivity index (χ2n) is 8.87. The van der Waals surface area contributed by atoms with Gasteiger partial charge >= 0.3 is 6.09 Å². The molecule has 0 aliphatic carbocycles. The molecule has 0 bridgehead atoms. The van der Waals surface area contributed by atoms with Crippen LogP contribution in [0.4, 0.5) is 10.5 Å². The van der Waals surface area contributed by atoms with Crippen LogP contribution in [0.15, 0.2) is 91.8 Å². The van der Waals surface area contributed by atoms with Gasteiger partial charge < -0.3 is 23.9 Å². The molecule has 1 aliphatic heterocycles. The number of nitrogens with zero attached hydrogens (tertiary/aromatic N) is 2. The van der Waals surface area contributed by atoms with Crippen molar-refractivity contribution in [2.24, 2.45) is 0 Å². The summed E-state index contributed by atoms with van der Waals surface area (Å²) >= 11 is 0. The average molecular weight is 500 g/mol. The predicted molar refractivity (Wildman–Crippen MR) is 140 cm³/mol. The molecule has 8 heteroatoms. The number of hydrogen-bond donors (Lipinski definition) is 2. The number of aromatic nitrogens is 2. The van der Waals surface area contributed by atoms with Crippen LogP contribution in [0.2, 0.25) is 0 Å². The fraction of sp³-hybridized carbons (Fsp3) is 0.241. The van der Waals surface area contributed by atoms with Crippen molar-refractivity contribution in [2.75, 3.05) is 11.9 Å². The first-order valence-corrected chi connectivity index (χ1v) is 12.2. The lowest BCUT2D eigenvalue weighted by Gasteiger charge is -2.36. The molecule has 2 heterocycles. The Morgan fingerprint density at radius 2 is 1.95 bits per heavy atom. The van der Waals surface area contributed by atoms with E-state index in [-0.39, 0.29) is 25.4 Å². The Morgan fingerprint density at radius 1 is 1.11 bits per heavy atom. The van der Waals surface area contributed by atoms with Crippen LogP contribution < -0.4 is 5.32 Å². The quantitative estimate of drug-likeness (QED) is 0.311. The van der Waals surface area contributed by atoms with Gasteiger partial charge in [0.1, 0.15) is 6.61 Å². The van der Waals surface area contributed by atoms with E-state index in [4.69, 9.17) is 14.2 Å². The zero-order chi connectivity index (χ0) is 25.6. The van der Waals surface area contributed by atoms with Gasteiger partial charge in [-0.25, -0.2) is 9.78 Å². The van der Waals surface area contributed by atoms with Gasteiger partial charge in [0.25, 0.3) is 0 Å². The van der Waals surface area contributed by atoms with Crippen LogP contribution in [0.1, 0.15) is 35.5 Å². The molecule has 1 amide bonds. The molecule has 0 saturated carbocycles. The molecule has 1 fully saturated rings. The molecule has 1 aromatic heterocycles. The van der Waals surface area contributed by atoms with E-state index in [0.717, 1.165) is 27.7 Å². The minimum atomic E-state index is -0.651. The minimum absolute atomic E-state index is 0.0110. The van der Waals surface area contributed by atoms with Gasteiger partial charge in [-0.1, -0.05) is 61.2 Å². The van der Waals surface area contributed by atoms with E-state index in [1.807, 2.05) is 73.1 Å². The van der Waals surface area contributed by atoms with Crippen molar-refractivity contribution in [1.82, 2.24) is 9.55 Å². The standard InChI is InChI=1S/C29H29N3O5/c1-2-14-35-29(34)31-23-7-5-6-22(15-23)28-36-24(17-32-19-30-25-8-3-4-9-26(25)32)16-27(37-28)21-12-10-20(18-33)11-13-21/h2-13,15,19,24,27-28,33H,1,14,16-18H2,(H,31,34)/t24-,27+,28+/m1/s1.